The highest BCUT2D eigenvalue weighted by molar-refractivity contribution is 5.93. The van der Waals surface area contributed by atoms with E-state index in [0.29, 0.717) is 5.56 Å². The third-order valence-corrected chi connectivity index (χ3v) is 3.67. The number of phenolic OH excluding ortho intramolecular Hbond substituents is 1. The smallest absolute Gasteiger partial charge is 0.243 e. The summed E-state index contributed by atoms with van der Waals surface area (Å²) in [5, 5.41) is 23.5. The molecule has 0 spiro atoms. The fraction of sp³-hybridized carbons (Fsp3) is 0.412. The molecule has 1 rings (SSSR count). The fourth-order valence-electron chi connectivity index (χ4n) is 2.17. The van der Waals surface area contributed by atoms with E-state index in [1.807, 2.05) is 0 Å². The molecule has 0 heterocycles. The number of benzene rings is 1. The lowest BCUT2D eigenvalue weighted by atomic mass is 10.0. The van der Waals surface area contributed by atoms with E-state index in [1.54, 1.807) is 12.1 Å². The van der Waals surface area contributed by atoms with Crippen molar-refractivity contribution in [2.75, 3.05) is 0 Å². The van der Waals surface area contributed by atoms with Crippen molar-refractivity contribution in [1.29, 1.82) is 0 Å². The number of phenols is 1. The molecule has 10 nitrogen and oxygen atoms in total. The largest absolute Gasteiger partial charge is 0.508 e. The molecule has 3 amide bonds. The van der Waals surface area contributed by atoms with E-state index >= 15 is 0 Å². The van der Waals surface area contributed by atoms with Crippen LogP contribution in [-0.4, -0.2) is 58.5 Å². The van der Waals surface area contributed by atoms with Gasteiger partial charge in [-0.05, 0) is 24.6 Å². The van der Waals surface area contributed by atoms with Crippen molar-refractivity contribution < 1.29 is 29.4 Å². The number of nitrogens with one attached hydrogen (secondary N) is 2. The molecule has 4 atom stereocenters. The summed E-state index contributed by atoms with van der Waals surface area (Å²) >= 11 is 0. The predicted octanol–water partition coefficient (Wildman–Crippen LogP) is -2.40. The number of carbonyl (C=O) groups is 3. The van der Waals surface area contributed by atoms with E-state index in [1.165, 1.54) is 25.3 Å². The minimum atomic E-state index is -1.28. The molecule has 0 bridgehead atoms. The first-order valence-electron chi connectivity index (χ1n) is 8.12. The van der Waals surface area contributed by atoms with Gasteiger partial charge >= 0.3 is 0 Å². The number of amides is 3. The van der Waals surface area contributed by atoms with E-state index in [-0.39, 0.29) is 12.2 Å². The van der Waals surface area contributed by atoms with Gasteiger partial charge in [0.25, 0.3) is 0 Å². The number of aliphatic hydroxyl groups excluding tert-OH is 1. The highest BCUT2D eigenvalue weighted by atomic mass is 16.3. The summed E-state index contributed by atoms with van der Waals surface area (Å²) in [6.07, 6.45) is -0.0878. The summed E-state index contributed by atoms with van der Waals surface area (Å²) in [6, 6.07) is 2.21. The molecule has 0 unspecified atom stereocenters. The topological polar surface area (TPSA) is 185 Å². The summed E-state index contributed by atoms with van der Waals surface area (Å²) in [5.74, 6) is -2.28. The van der Waals surface area contributed by atoms with Crippen molar-refractivity contribution in [3.05, 3.63) is 29.8 Å². The molecular weight excluding hydrogens is 356 g/mol. The molecule has 10 heteroatoms. The zero-order valence-electron chi connectivity index (χ0n) is 14.7. The van der Waals surface area contributed by atoms with Crippen LogP contribution < -0.4 is 22.1 Å². The molecule has 0 aliphatic rings. The standard InChI is InChI=1S/C17H23N4O6/c1-9(23)14(8-22)21-17(27)13(6-10-2-4-11(24)5-3-10)20-16(26)12(18)7-15(19)25/h2-5,9,12-14,23-24H,6-7,18H2,1H3,(H2,19,25)(H,20,26)(H,21,27)/t9-,12+,13+,14-/m1/s1. The first kappa shape index (κ1) is 22.1. The minimum Gasteiger partial charge on any atom is -0.508 e. The molecule has 0 fully saturated rings. The summed E-state index contributed by atoms with van der Waals surface area (Å²) in [7, 11) is 0. The van der Waals surface area contributed by atoms with Crippen molar-refractivity contribution in [2.24, 2.45) is 11.5 Å². The van der Waals surface area contributed by atoms with Crippen molar-refractivity contribution in [3.63, 3.8) is 0 Å². The molecule has 0 saturated heterocycles. The van der Waals surface area contributed by atoms with Gasteiger partial charge in [0, 0.05) is 6.42 Å². The Bertz CT molecular complexity index is 677. The van der Waals surface area contributed by atoms with Crippen molar-refractivity contribution in [3.8, 4) is 5.75 Å². The SMILES string of the molecule is C[C@@H](O)[C@@H]([C]=O)NC(=O)[C@H](Cc1ccc(O)cc1)NC(=O)[C@@H](N)CC(N)=O. The Labute approximate surface area is 155 Å². The zero-order chi connectivity index (χ0) is 20.6. The zero-order valence-corrected chi connectivity index (χ0v) is 14.7. The molecular formula is C17H23N4O6. The third kappa shape index (κ3) is 7.42. The lowest BCUT2D eigenvalue weighted by Crippen LogP contribution is -2.56. The van der Waals surface area contributed by atoms with Gasteiger partial charge in [0.2, 0.25) is 24.0 Å². The second kappa shape index (κ2) is 10.2. The maximum Gasteiger partial charge on any atom is 0.243 e. The molecule has 1 aromatic carbocycles. The minimum absolute atomic E-state index is 0.00648. The Hall–Kier alpha value is -2.98. The lowest BCUT2D eigenvalue weighted by Gasteiger charge is -2.23. The van der Waals surface area contributed by atoms with E-state index < -0.39 is 48.4 Å². The Balaban J connectivity index is 2.95. The van der Waals surface area contributed by atoms with Gasteiger partial charge in [-0.3, -0.25) is 19.2 Å². The van der Waals surface area contributed by atoms with Gasteiger partial charge in [-0.25, -0.2) is 0 Å². The summed E-state index contributed by atoms with van der Waals surface area (Å²) in [4.78, 5) is 46.4. The van der Waals surface area contributed by atoms with Crippen LogP contribution in [0.4, 0.5) is 0 Å². The maximum absolute atomic E-state index is 12.5. The molecule has 0 aromatic heterocycles. The highest BCUT2D eigenvalue weighted by Gasteiger charge is 2.28. The third-order valence-electron chi connectivity index (χ3n) is 3.67. The number of aliphatic hydroxyl groups is 1. The first-order valence-corrected chi connectivity index (χ1v) is 8.12. The quantitative estimate of drug-likeness (QED) is 0.261. The van der Waals surface area contributed by atoms with Crippen LogP contribution in [0.5, 0.6) is 5.75 Å². The van der Waals surface area contributed by atoms with Gasteiger partial charge in [-0.2, -0.15) is 0 Å². The summed E-state index contributed by atoms with van der Waals surface area (Å²) in [5.41, 5.74) is 11.2. The number of hydrogen-bond donors (Lipinski definition) is 6. The van der Waals surface area contributed by atoms with Gasteiger partial charge < -0.3 is 32.3 Å². The monoisotopic (exact) mass is 379 g/mol. The van der Waals surface area contributed by atoms with Crippen LogP contribution in [0.2, 0.25) is 0 Å². The average molecular weight is 379 g/mol. The Morgan fingerprint density at radius 2 is 1.74 bits per heavy atom. The fourth-order valence-corrected chi connectivity index (χ4v) is 2.17. The average Bonchev–Trinajstić information content (AvgIpc) is 2.59. The van der Waals surface area contributed by atoms with E-state index in [4.69, 9.17) is 11.5 Å². The molecule has 1 radical (unpaired) electrons. The Morgan fingerprint density at radius 3 is 2.22 bits per heavy atom. The second-order valence-corrected chi connectivity index (χ2v) is 6.05. The Morgan fingerprint density at radius 1 is 1.15 bits per heavy atom. The normalized spacial score (nSPS) is 15.1. The first-order chi connectivity index (χ1) is 12.6. The number of hydrogen-bond acceptors (Lipinski definition) is 7. The number of aromatic hydroxyl groups is 1. The van der Waals surface area contributed by atoms with Gasteiger partial charge in [0.15, 0.2) is 0 Å². The van der Waals surface area contributed by atoms with Gasteiger partial charge in [-0.15, -0.1) is 0 Å². The molecule has 0 aliphatic heterocycles. The molecule has 0 saturated carbocycles. The lowest BCUT2D eigenvalue weighted by molar-refractivity contribution is -0.131. The molecule has 1 aromatic rings. The molecule has 8 N–H and O–H groups in total. The number of primary amides is 1. The van der Waals surface area contributed by atoms with Crippen LogP contribution in [0, 0.1) is 0 Å². The Kier molecular flexibility index (Phi) is 8.36. The van der Waals surface area contributed by atoms with E-state index in [9.17, 15) is 29.4 Å². The molecule has 27 heavy (non-hydrogen) atoms. The summed E-state index contributed by atoms with van der Waals surface area (Å²) in [6.45, 7) is 1.30. The summed E-state index contributed by atoms with van der Waals surface area (Å²) < 4.78 is 0. The predicted molar refractivity (Wildman–Crippen MR) is 94.8 cm³/mol. The van der Waals surface area contributed by atoms with Crippen LogP contribution >= 0.6 is 0 Å². The van der Waals surface area contributed by atoms with Crippen molar-refractivity contribution >= 4 is 24.0 Å². The number of rotatable bonds is 10. The second-order valence-electron chi connectivity index (χ2n) is 6.05. The number of carbonyl (C=O) groups excluding carboxylic acids is 4. The van der Waals surface area contributed by atoms with Crippen molar-refractivity contribution in [1.82, 2.24) is 10.6 Å². The van der Waals surface area contributed by atoms with E-state index in [0.717, 1.165) is 0 Å². The molecule has 147 valence electrons. The van der Waals surface area contributed by atoms with Gasteiger partial charge in [0.1, 0.15) is 17.8 Å². The van der Waals surface area contributed by atoms with Crippen LogP contribution in [0.1, 0.15) is 18.9 Å². The van der Waals surface area contributed by atoms with Gasteiger partial charge in [0.05, 0.1) is 18.6 Å². The maximum atomic E-state index is 12.5. The number of nitrogens with two attached hydrogens (primary N) is 2. The van der Waals surface area contributed by atoms with Crippen LogP contribution in [0.25, 0.3) is 0 Å². The van der Waals surface area contributed by atoms with Crippen LogP contribution in [0.15, 0.2) is 24.3 Å². The van der Waals surface area contributed by atoms with Crippen LogP contribution in [0.3, 0.4) is 0 Å². The highest BCUT2D eigenvalue weighted by Crippen LogP contribution is 2.12. The van der Waals surface area contributed by atoms with Crippen LogP contribution in [-0.2, 0) is 25.6 Å². The van der Waals surface area contributed by atoms with E-state index in [2.05, 4.69) is 10.6 Å². The molecule has 0 aliphatic carbocycles. The van der Waals surface area contributed by atoms with Crippen molar-refractivity contribution in [2.45, 2.75) is 44.0 Å². The van der Waals surface area contributed by atoms with Gasteiger partial charge in [-0.1, -0.05) is 12.1 Å².